The van der Waals surface area contributed by atoms with Gasteiger partial charge < -0.3 is 14.6 Å². The number of nitrogens with one attached hydrogen (secondary N) is 1. The smallest absolute Gasteiger partial charge is 0.338 e. The van der Waals surface area contributed by atoms with Crippen LogP contribution in [0.4, 0.5) is 5.69 Å². The van der Waals surface area contributed by atoms with Crippen molar-refractivity contribution in [3.63, 3.8) is 0 Å². The van der Waals surface area contributed by atoms with Gasteiger partial charge in [0.05, 0.1) is 17.2 Å². The summed E-state index contributed by atoms with van der Waals surface area (Å²) in [6.45, 7) is 3.53. The molecule has 0 spiro atoms. The average Bonchev–Trinajstić information content (AvgIpc) is 3.20. The number of benzene rings is 2. The Morgan fingerprint density at radius 2 is 1.82 bits per heavy atom. The SMILES string of the molecule is CC[C@H](C(=O)Nc1ccc(C(=O)OCc2cc(=O)n3oc(C)cc3n2)cc1)c1ccccc1. The minimum atomic E-state index is -0.561. The Labute approximate surface area is 189 Å². The molecule has 0 saturated carbocycles. The zero-order valence-electron chi connectivity index (χ0n) is 18.3. The number of aromatic nitrogens is 2. The molecule has 0 aliphatic carbocycles. The maximum Gasteiger partial charge on any atom is 0.338 e. The second-order valence-electron chi connectivity index (χ2n) is 7.60. The number of anilines is 1. The fourth-order valence-corrected chi connectivity index (χ4v) is 3.55. The standard InChI is InChI=1S/C25H23N3O5/c1-3-21(17-7-5-4-6-8-17)24(30)27-19-11-9-18(10-12-19)25(31)32-15-20-14-23(29)28-22(26-20)13-16(2)33-28/h4-14,21H,3,15H2,1-2H3,(H,27,30)/t21-/m0/s1. The number of esters is 1. The second kappa shape index (κ2) is 9.52. The molecule has 0 saturated heterocycles. The molecule has 0 aliphatic rings. The van der Waals surface area contributed by atoms with Crippen LogP contribution < -0.4 is 10.9 Å². The summed E-state index contributed by atoms with van der Waals surface area (Å²) in [4.78, 5) is 41.4. The molecule has 0 aliphatic heterocycles. The zero-order valence-corrected chi connectivity index (χ0v) is 18.3. The van der Waals surface area contributed by atoms with Crippen molar-refractivity contribution in [3.05, 3.63) is 99.7 Å². The normalized spacial score (nSPS) is 11.8. The number of ether oxygens (including phenoxy) is 1. The number of hydrogen-bond acceptors (Lipinski definition) is 6. The van der Waals surface area contributed by atoms with Gasteiger partial charge in [-0.3, -0.25) is 9.59 Å². The van der Waals surface area contributed by atoms with Crippen molar-refractivity contribution < 1.29 is 18.8 Å². The van der Waals surface area contributed by atoms with Gasteiger partial charge in [-0.1, -0.05) is 37.3 Å². The van der Waals surface area contributed by atoms with Crippen LogP contribution in [0.5, 0.6) is 0 Å². The van der Waals surface area contributed by atoms with Crippen LogP contribution in [0.2, 0.25) is 0 Å². The molecule has 0 unspecified atom stereocenters. The van der Waals surface area contributed by atoms with E-state index in [0.29, 0.717) is 34.8 Å². The van der Waals surface area contributed by atoms with E-state index in [1.165, 1.54) is 6.07 Å². The van der Waals surface area contributed by atoms with Crippen LogP contribution in [0, 0.1) is 6.92 Å². The highest BCUT2D eigenvalue weighted by atomic mass is 16.5. The van der Waals surface area contributed by atoms with E-state index in [1.807, 2.05) is 37.3 Å². The van der Waals surface area contributed by atoms with E-state index in [1.54, 1.807) is 37.3 Å². The molecule has 8 nitrogen and oxygen atoms in total. The Morgan fingerprint density at radius 3 is 2.52 bits per heavy atom. The summed E-state index contributed by atoms with van der Waals surface area (Å²) in [5.41, 5.74) is 2.15. The van der Waals surface area contributed by atoms with Gasteiger partial charge in [0.15, 0.2) is 5.65 Å². The number of hydrogen-bond donors (Lipinski definition) is 1. The molecule has 4 aromatic rings. The molecule has 33 heavy (non-hydrogen) atoms. The maximum absolute atomic E-state index is 12.7. The van der Waals surface area contributed by atoms with Gasteiger partial charge in [0.2, 0.25) is 5.91 Å². The van der Waals surface area contributed by atoms with E-state index >= 15 is 0 Å². The minimum Gasteiger partial charge on any atom is -0.456 e. The number of carbonyl (C=O) groups is 2. The minimum absolute atomic E-state index is 0.110. The summed E-state index contributed by atoms with van der Waals surface area (Å²) in [6, 6.07) is 18.9. The van der Waals surface area contributed by atoms with Crippen molar-refractivity contribution in [2.24, 2.45) is 0 Å². The Morgan fingerprint density at radius 1 is 1.09 bits per heavy atom. The van der Waals surface area contributed by atoms with E-state index in [0.717, 1.165) is 10.1 Å². The van der Waals surface area contributed by atoms with E-state index in [4.69, 9.17) is 9.26 Å². The molecule has 1 amide bonds. The molecular weight excluding hydrogens is 422 g/mol. The lowest BCUT2D eigenvalue weighted by Gasteiger charge is -2.15. The molecule has 2 aromatic carbocycles. The van der Waals surface area contributed by atoms with Crippen LogP contribution in [-0.4, -0.2) is 21.4 Å². The third-order valence-corrected chi connectivity index (χ3v) is 5.19. The number of nitrogens with zero attached hydrogens (tertiary/aromatic N) is 2. The van der Waals surface area contributed by atoms with Crippen LogP contribution in [0.15, 0.2) is 76.0 Å². The second-order valence-corrected chi connectivity index (χ2v) is 7.60. The lowest BCUT2D eigenvalue weighted by atomic mass is 9.95. The summed E-state index contributed by atoms with van der Waals surface area (Å²) in [5.74, 6) is -0.381. The number of fused-ring (bicyclic) bond motifs is 1. The number of carbonyl (C=O) groups excluding carboxylic acids is 2. The van der Waals surface area contributed by atoms with Gasteiger partial charge in [0, 0.05) is 17.8 Å². The topological polar surface area (TPSA) is 103 Å². The van der Waals surface area contributed by atoms with Crippen LogP contribution >= 0.6 is 0 Å². The fraction of sp³-hybridized carbons (Fsp3) is 0.200. The summed E-state index contributed by atoms with van der Waals surface area (Å²) >= 11 is 0. The molecule has 0 bridgehead atoms. The lowest BCUT2D eigenvalue weighted by Crippen LogP contribution is -2.20. The molecular formula is C25H23N3O5. The molecule has 168 valence electrons. The van der Waals surface area contributed by atoms with Crippen LogP contribution in [-0.2, 0) is 16.1 Å². The quantitative estimate of drug-likeness (QED) is 0.430. The average molecular weight is 445 g/mol. The fourth-order valence-electron chi connectivity index (χ4n) is 3.55. The number of rotatable bonds is 7. The first-order valence-corrected chi connectivity index (χ1v) is 10.6. The maximum atomic E-state index is 12.7. The first-order valence-electron chi connectivity index (χ1n) is 10.6. The van der Waals surface area contributed by atoms with E-state index in [9.17, 15) is 14.4 Å². The Balaban J connectivity index is 1.38. The molecule has 2 heterocycles. The van der Waals surface area contributed by atoms with E-state index in [-0.39, 0.29) is 24.0 Å². The highest BCUT2D eigenvalue weighted by Crippen LogP contribution is 2.22. The molecule has 1 N–H and O–H groups in total. The third-order valence-electron chi connectivity index (χ3n) is 5.19. The lowest BCUT2D eigenvalue weighted by molar-refractivity contribution is -0.117. The predicted octanol–water partition coefficient (Wildman–Crippen LogP) is 4.09. The zero-order chi connectivity index (χ0) is 23.4. The number of amides is 1. The molecule has 0 fully saturated rings. The summed E-state index contributed by atoms with van der Waals surface area (Å²) in [5, 5.41) is 2.89. The largest absolute Gasteiger partial charge is 0.456 e. The molecule has 1 atom stereocenters. The van der Waals surface area contributed by atoms with Gasteiger partial charge >= 0.3 is 5.97 Å². The van der Waals surface area contributed by atoms with Crippen molar-refractivity contribution in [1.29, 1.82) is 0 Å². The van der Waals surface area contributed by atoms with Crippen LogP contribution in [0.3, 0.4) is 0 Å². The van der Waals surface area contributed by atoms with Crippen LogP contribution in [0.25, 0.3) is 5.65 Å². The summed E-state index contributed by atoms with van der Waals surface area (Å²) in [6.07, 6.45) is 0.669. The van der Waals surface area contributed by atoms with Gasteiger partial charge in [0.25, 0.3) is 5.56 Å². The van der Waals surface area contributed by atoms with Crippen LogP contribution in [0.1, 0.15) is 46.6 Å². The number of aryl methyl sites for hydroxylation is 1. The first-order chi connectivity index (χ1) is 15.9. The molecule has 2 aromatic heterocycles. The third kappa shape index (κ3) is 5.01. The summed E-state index contributed by atoms with van der Waals surface area (Å²) < 4.78 is 11.6. The van der Waals surface area contributed by atoms with Crippen molar-refractivity contribution in [1.82, 2.24) is 9.56 Å². The summed E-state index contributed by atoms with van der Waals surface area (Å²) in [7, 11) is 0. The van der Waals surface area contributed by atoms with Crippen molar-refractivity contribution >= 4 is 23.2 Å². The van der Waals surface area contributed by atoms with E-state index < -0.39 is 5.97 Å². The van der Waals surface area contributed by atoms with Gasteiger partial charge in [-0.05, 0) is 43.2 Å². The Kier molecular flexibility index (Phi) is 6.35. The molecule has 4 rings (SSSR count). The highest BCUT2D eigenvalue weighted by molar-refractivity contribution is 5.96. The van der Waals surface area contributed by atoms with Crippen molar-refractivity contribution in [2.45, 2.75) is 32.8 Å². The van der Waals surface area contributed by atoms with Gasteiger partial charge in [-0.25, -0.2) is 9.78 Å². The van der Waals surface area contributed by atoms with Gasteiger partial charge in [0.1, 0.15) is 12.4 Å². The van der Waals surface area contributed by atoms with Crippen molar-refractivity contribution in [2.75, 3.05) is 5.32 Å². The predicted molar refractivity (Wildman–Crippen MR) is 122 cm³/mol. The molecule has 0 radical (unpaired) electrons. The van der Waals surface area contributed by atoms with Gasteiger partial charge in [-0.15, -0.1) is 4.57 Å². The van der Waals surface area contributed by atoms with Crippen molar-refractivity contribution in [3.8, 4) is 0 Å². The van der Waals surface area contributed by atoms with E-state index in [2.05, 4.69) is 10.3 Å². The highest BCUT2D eigenvalue weighted by Gasteiger charge is 2.19. The molecule has 8 heteroatoms. The first kappa shape index (κ1) is 22.0. The van der Waals surface area contributed by atoms with Gasteiger partial charge in [-0.2, -0.15) is 0 Å². The Hall–Kier alpha value is -4.20. The Bertz CT molecular complexity index is 1340. The monoisotopic (exact) mass is 445 g/mol.